The average molecular weight is 185 g/mol. The highest BCUT2D eigenvalue weighted by molar-refractivity contribution is 4.78. The second-order valence-corrected chi connectivity index (χ2v) is 4.34. The molecule has 1 saturated carbocycles. The Bertz CT molecular complexity index is 130. The summed E-state index contributed by atoms with van der Waals surface area (Å²) in [7, 11) is 0. The minimum Gasteiger partial charge on any atom is -0.380 e. The van der Waals surface area contributed by atoms with Crippen LogP contribution in [-0.2, 0) is 4.74 Å². The zero-order chi connectivity index (χ0) is 9.68. The summed E-state index contributed by atoms with van der Waals surface area (Å²) in [6, 6.07) is 0.271. The van der Waals surface area contributed by atoms with Gasteiger partial charge in [0.25, 0.3) is 0 Å². The fourth-order valence-electron chi connectivity index (χ4n) is 2.10. The van der Waals surface area contributed by atoms with Crippen molar-refractivity contribution in [3.05, 3.63) is 0 Å². The van der Waals surface area contributed by atoms with E-state index in [1.807, 2.05) is 6.92 Å². The van der Waals surface area contributed by atoms with E-state index in [2.05, 4.69) is 6.92 Å². The summed E-state index contributed by atoms with van der Waals surface area (Å²) in [5, 5.41) is 0. The van der Waals surface area contributed by atoms with E-state index < -0.39 is 0 Å². The van der Waals surface area contributed by atoms with Crippen LogP contribution in [-0.4, -0.2) is 19.3 Å². The first-order valence-electron chi connectivity index (χ1n) is 5.57. The molecule has 1 fully saturated rings. The van der Waals surface area contributed by atoms with Crippen LogP contribution in [0.3, 0.4) is 0 Å². The van der Waals surface area contributed by atoms with Crippen LogP contribution in [0.25, 0.3) is 0 Å². The summed E-state index contributed by atoms with van der Waals surface area (Å²) in [6.45, 7) is 5.90. The van der Waals surface area contributed by atoms with Crippen molar-refractivity contribution >= 4 is 0 Å². The Morgan fingerprint density at radius 2 is 1.92 bits per heavy atom. The van der Waals surface area contributed by atoms with Crippen LogP contribution in [0, 0.1) is 11.8 Å². The second-order valence-electron chi connectivity index (χ2n) is 4.34. The van der Waals surface area contributed by atoms with E-state index in [1.54, 1.807) is 0 Å². The van der Waals surface area contributed by atoms with Crippen LogP contribution in [0.5, 0.6) is 0 Å². The topological polar surface area (TPSA) is 35.2 Å². The SMILES string of the molecule is CCOCC(N)C1CCC(C)CC1. The van der Waals surface area contributed by atoms with Gasteiger partial charge in [0.05, 0.1) is 6.61 Å². The monoisotopic (exact) mass is 185 g/mol. The third kappa shape index (κ3) is 3.65. The van der Waals surface area contributed by atoms with Crippen LogP contribution >= 0.6 is 0 Å². The number of ether oxygens (including phenoxy) is 1. The van der Waals surface area contributed by atoms with Crippen molar-refractivity contribution in [2.75, 3.05) is 13.2 Å². The molecule has 0 amide bonds. The number of nitrogens with two attached hydrogens (primary N) is 1. The largest absolute Gasteiger partial charge is 0.380 e. The average Bonchev–Trinajstić information content (AvgIpc) is 2.15. The molecule has 13 heavy (non-hydrogen) atoms. The van der Waals surface area contributed by atoms with Crippen LogP contribution in [0.1, 0.15) is 39.5 Å². The number of rotatable bonds is 4. The molecule has 1 atom stereocenters. The van der Waals surface area contributed by atoms with E-state index in [9.17, 15) is 0 Å². The van der Waals surface area contributed by atoms with Crippen LogP contribution < -0.4 is 5.73 Å². The standard InChI is InChI=1S/C11H23NO/c1-3-13-8-11(12)10-6-4-9(2)5-7-10/h9-11H,3-8,12H2,1-2H3. The van der Waals surface area contributed by atoms with E-state index in [-0.39, 0.29) is 6.04 Å². The molecule has 2 nitrogen and oxygen atoms in total. The van der Waals surface area contributed by atoms with Gasteiger partial charge >= 0.3 is 0 Å². The summed E-state index contributed by atoms with van der Waals surface area (Å²) in [5.74, 6) is 1.62. The molecule has 0 aromatic heterocycles. The van der Waals surface area contributed by atoms with Gasteiger partial charge < -0.3 is 10.5 Å². The summed E-state index contributed by atoms with van der Waals surface area (Å²) in [4.78, 5) is 0. The van der Waals surface area contributed by atoms with Crippen molar-refractivity contribution in [1.29, 1.82) is 0 Å². The lowest BCUT2D eigenvalue weighted by atomic mass is 9.80. The normalized spacial score (nSPS) is 31.6. The Morgan fingerprint density at radius 1 is 1.31 bits per heavy atom. The highest BCUT2D eigenvalue weighted by atomic mass is 16.5. The molecule has 1 rings (SSSR count). The molecule has 0 bridgehead atoms. The Kier molecular flexibility index (Phi) is 4.74. The third-order valence-electron chi connectivity index (χ3n) is 3.18. The number of hydrogen-bond acceptors (Lipinski definition) is 2. The van der Waals surface area contributed by atoms with E-state index in [0.717, 1.165) is 19.1 Å². The molecule has 1 aliphatic rings. The smallest absolute Gasteiger partial charge is 0.0620 e. The Hall–Kier alpha value is -0.0800. The van der Waals surface area contributed by atoms with Crippen molar-refractivity contribution in [2.45, 2.75) is 45.6 Å². The molecule has 0 spiro atoms. The molecule has 1 unspecified atom stereocenters. The molecule has 78 valence electrons. The van der Waals surface area contributed by atoms with Crippen LogP contribution in [0.15, 0.2) is 0 Å². The van der Waals surface area contributed by atoms with Gasteiger partial charge in [-0.3, -0.25) is 0 Å². The summed E-state index contributed by atoms with van der Waals surface area (Å²) in [5.41, 5.74) is 6.05. The maximum absolute atomic E-state index is 6.05. The zero-order valence-electron chi connectivity index (χ0n) is 8.96. The van der Waals surface area contributed by atoms with Crippen molar-refractivity contribution < 1.29 is 4.74 Å². The minimum absolute atomic E-state index is 0.271. The quantitative estimate of drug-likeness (QED) is 0.728. The van der Waals surface area contributed by atoms with Crippen molar-refractivity contribution in [3.8, 4) is 0 Å². The van der Waals surface area contributed by atoms with Gasteiger partial charge in [0.1, 0.15) is 0 Å². The lowest BCUT2D eigenvalue weighted by molar-refractivity contribution is 0.103. The highest BCUT2D eigenvalue weighted by Crippen LogP contribution is 2.29. The van der Waals surface area contributed by atoms with E-state index in [1.165, 1.54) is 25.7 Å². The van der Waals surface area contributed by atoms with Gasteiger partial charge in [0.15, 0.2) is 0 Å². The Morgan fingerprint density at radius 3 is 2.46 bits per heavy atom. The molecule has 0 aliphatic heterocycles. The Labute approximate surface area is 81.8 Å². The predicted molar refractivity (Wildman–Crippen MR) is 55.6 cm³/mol. The first kappa shape index (κ1) is 11.0. The molecule has 0 radical (unpaired) electrons. The van der Waals surface area contributed by atoms with Crippen LogP contribution in [0.4, 0.5) is 0 Å². The van der Waals surface area contributed by atoms with Crippen molar-refractivity contribution in [3.63, 3.8) is 0 Å². The Balaban J connectivity index is 2.19. The van der Waals surface area contributed by atoms with Crippen molar-refractivity contribution in [2.24, 2.45) is 17.6 Å². The third-order valence-corrected chi connectivity index (χ3v) is 3.18. The van der Waals surface area contributed by atoms with Gasteiger partial charge in [-0.25, -0.2) is 0 Å². The summed E-state index contributed by atoms with van der Waals surface area (Å²) < 4.78 is 5.35. The van der Waals surface area contributed by atoms with Crippen molar-refractivity contribution in [1.82, 2.24) is 0 Å². The molecule has 0 heterocycles. The van der Waals surface area contributed by atoms with Gasteiger partial charge in [-0.1, -0.05) is 19.8 Å². The number of hydrogen-bond donors (Lipinski definition) is 1. The van der Waals surface area contributed by atoms with Gasteiger partial charge in [0, 0.05) is 12.6 Å². The van der Waals surface area contributed by atoms with Gasteiger partial charge in [-0.05, 0) is 31.6 Å². The summed E-state index contributed by atoms with van der Waals surface area (Å²) in [6.07, 6.45) is 5.31. The lowest BCUT2D eigenvalue weighted by Gasteiger charge is -2.30. The van der Waals surface area contributed by atoms with Gasteiger partial charge in [-0.15, -0.1) is 0 Å². The molecule has 0 aromatic carbocycles. The molecule has 2 N–H and O–H groups in total. The predicted octanol–water partition coefficient (Wildman–Crippen LogP) is 2.18. The maximum Gasteiger partial charge on any atom is 0.0620 e. The van der Waals surface area contributed by atoms with Gasteiger partial charge in [-0.2, -0.15) is 0 Å². The second kappa shape index (κ2) is 5.61. The van der Waals surface area contributed by atoms with E-state index >= 15 is 0 Å². The highest BCUT2D eigenvalue weighted by Gasteiger charge is 2.23. The first-order valence-corrected chi connectivity index (χ1v) is 5.57. The molecule has 0 saturated heterocycles. The molecule has 1 aliphatic carbocycles. The molecular formula is C11H23NO. The molecular weight excluding hydrogens is 162 g/mol. The fraction of sp³-hybridized carbons (Fsp3) is 1.00. The maximum atomic E-state index is 6.05. The zero-order valence-corrected chi connectivity index (χ0v) is 8.96. The van der Waals surface area contributed by atoms with E-state index in [0.29, 0.717) is 5.92 Å². The van der Waals surface area contributed by atoms with E-state index in [4.69, 9.17) is 10.5 Å². The molecule has 2 heteroatoms. The fourth-order valence-corrected chi connectivity index (χ4v) is 2.10. The van der Waals surface area contributed by atoms with Gasteiger partial charge in [0.2, 0.25) is 0 Å². The lowest BCUT2D eigenvalue weighted by Crippen LogP contribution is -2.36. The molecule has 0 aromatic rings. The first-order chi connectivity index (χ1) is 6.24. The minimum atomic E-state index is 0.271. The van der Waals surface area contributed by atoms with Crippen LogP contribution in [0.2, 0.25) is 0 Å². The summed E-state index contributed by atoms with van der Waals surface area (Å²) >= 11 is 0.